The normalized spacial score (nSPS) is 11.7. The lowest BCUT2D eigenvalue weighted by Gasteiger charge is -2.38. The smallest absolute Gasteiger partial charge is 0.132 e. The van der Waals surface area contributed by atoms with Crippen molar-refractivity contribution in [2.75, 3.05) is 19.6 Å². The van der Waals surface area contributed by atoms with Gasteiger partial charge in [0.05, 0.1) is 19.6 Å². The number of nitrogens with zero attached hydrogens (tertiary/aromatic N) is 1. The Kier molecular flexibility index (Phi) is 7.04. The van der Waals surface area contributed by atoms with Gasteiger partial charge in [0.1, 0.15) is 5.69 Å². The Bertz CT molecular complexity index is 299. The average Bonchev–Trinajstić information content (AvgIpc) is 2.40. The first-order valence-corrected chi connectivity index (χ1v) is 7.70. The molecular formula is C17H30N+. The van der Waals surface area contributed by atoms with E-state index in [9.17, 15) is 0 Å². The summed E-state index contributed by atoms with van der Waals surface area (Å²) < 4.78 is 1.19. The first kappa shape index (κ1) is 15.2. The third-order valence-electron chi connectivity index (χ3n) is 3.80. The van der Waals surface area contributed by atoms with Gasteiger partial charge in [0.25, 0.3) is 0 Å². The molecule has 0 saturated heterocycles. The van der Waals surface area contributed by atoms with Crippen molar-refractivity contribution in [1.82, 2.24) is 4.48 Å². The fraction of sp³-hybridized carbons (Fsp3) is 0.647. The average molecular weight is 248 g/mol. The summed E-state index contributed by atoms with van der Waals surface area (Å²) in [7, 11) is 0. The van der Waals surface area contributed by atoms with Crippen LogP contribution in [0, 0.1) is 0 Å². The molecule has 1 aromatic carbocycles. The van der Waals surface area contributed by atoms with E-state index in [2.05, 4.69) is 51.1 Å². The van der Waals surface area contributed by atoms with E-state index in [0.717, 1.165) is 0 Å². The van der Waals surface area contributed by atoms with Gasteiger partial charge in [-0.3, -0.25) is 4.48 Å². The summed E-state index contributed by atoms with van der Waals surface area (Å²) in [6.45, 7) is 10.8. The Balaban J connectivity index is 2.89. The molecule has 0 heterocycles. The van der Waals surface area contributed by atoms with Crippen molar-refractivity contribution in [2.45, 2.75) is 52.9 Å². The summed E-state index contributed by atoms with van der Waals surface area (Å²) in [4.78, 5) is 0. The van der Waals surface area contributed by atoms with Gasteiger partial charge in [0.2, 0.25) is 0 Å². The molecule has 0 atom stereocenters. The maximum absolute atomic E-state index is 2.32. The third-order valence-corrected chi connectivity index (χ3v) is 3.80. The molecule has 1 nitrogen and oxygen atoms in total. The number of quaternary nitrogens is 1. The summed E-state index contributed by atoms with van der Waals surface area (Å²) >= 11 is 0. The van der Waals surface area contributed by atoms with E-state index in [-0.39, 0.29) is 0 Å². The zero-order chi connectivity index (χ0) is 13.3. The fourth-order valence-electron chi connectivity index (χ4n) is 2.99. The summed E-state index contributed by atoms with van der Waals surface area (Å²) in [5.41, 5.74) is 1.51. The predicted octanol–water partition coefficient (Wildman–Crippen LogP) is 5.00. The standard InChI is InChI=1S/C17H30N/c1-4-7-11-16-18(14-5-2,15-6-3)17-12-9-8-10-13-17/h8-10,12-13H,4-7,11,14-16H2,1-3H3/q+1. The zero-order valence-electron chi connectivity index (χ0n) is 12.5. The van der Waals surface area contributed by atoms with Gasteiger partial charge in [-0.2, -0.15) is 0 Å². The Hall–Kier alpha value is -0.820. The number of rotatable bonds is 9. The molecule has 1 aromatic rings. The van der Waals surface area contributed by atoms with E-state index < -0.39 is 0 Å². The first-order valence-electron chi connectivity index (χ1n) is 7.70. The molecule has 0 radical (unpaired) electrons. The van der Waals surface area contributed by atoms with Crippen LogP contribution in [0.4, 0.5) is 5.69 Å². The van der Waals surface area contributed by atoms with Gasteiger partial charge in [-0.1, -0.05) is 45.4 Å². The topological polar surface area (TPSA) is 0 Å². The fourth-order valence-corrected chi connectivity index (χ4v) is 2.99. The van der Waals surface area contributed by atoms with Gasteiger partial charge in [-0.05, 0) is 37.8 Å². The lowest BCUT2D eigenvalue weighted by atomic mass is 10.1. The van der Waals surface area contributed by atoms with Crippen LogP contribution in [0.5, 0.6) is 0 Å². The maximum Gasteiger partial charge on any atom is 0.132 e. The molecule has 0 aliphatic rings. The van der Waals surface area contributed by atoms with Gasteiger partial charge in [-0.25, -0.2) is 0 Å². The molecule has 18 heavy (non-hydrogen) atoms. The number of hydrogen-bond acceptors (Lipinski definition) is 0. The first-order chi connectivity index (χ1) is 8.79. The minimum Gasteiger partial charge on any atom is -0.291 e. The van der Waals surface area contributed by atoms with E-state index in [1.807, 2.05) is 0 Å². The largest absolute Gasteiger partial charge is 0.291 e. The molecule has 1 heteroatoms. The van der Waals surface area contributed by atoms with E-state index in [1.165, 1.54) is 61.9 Å². The van der Waals surface area contributed by atoms with Gasteiger partial charge in [-0.15, -0.1) is 0 Å². The molecule has 0 N–H and O–H groups in total. The molecule has 0 aliphatic heterocycles. The van der Waals surface area contributed by atoms with E-state index in [1.54, 1.807) is 0 Å². The molecule has 0 amide bonds. The third kappa shape index (κ3) is 4.13. The minimum absolute atomic E-state index is 1.19. The molecule has 1 rings (SSSR count). The monoisotopic (exact) mass is 248 g/mol. The van der Waals surface area contributed by atoms with Crippen LogP contribution in [0.25, 0.3) is 0 Å². The van der Waals surface area contributed by atoms with E-state index in [0.29, 0.717) is 0 Å². The lowest BCUT2D eigenvalue weighted by molar-refractivity contribution is 0.266. The van der Waals surface area contributed by atoms with Crippen LogP contribution in [-0.2, 0) is 0 Å². The predicted molar refractivity (Wildman–Crippen MR) is 82.9 cm³/mol. The van der Waals surface area contributed by atoms with Crippen LogP contribution >= 0.6 is 0 Å². The van der Waals surface area contributed by atoms with Crippen molar-refractivity contribution in [3.05, 3.63) is 30.3 Å². The van der Waals surface area contributed by atoms with Gasteiger partial charge >= 0.3 is 0 Å². The Morgan fingerprint density at radius 3 is 1.83 bits per heavy atom. The second-order valence-corrected chi connectivity index (χ2v) is 5.36. The minimum atomic E-state index is 1.19. The summed E-state index contributed by atoms with van der Waals surface area (Å²) in [6, 6.07) is 11.1. The van der Waals surface area contributed by atoms with Crippen LogP contribution in [-0.4, -0.2) is 19.6 Å². The molecule has 0 fully saturated rings. The SMILES string of the molecule is CCCCC[N+](CCC)(CCC)c1ccccc1. The maximum atomic E-state index is 2.32. The van der Waals surface area contributed by atoms with Crippen LogP contribution in [0.3, 0.4) is 0 Å². The molecular weight excluding hydrogens is 218 g/mol. The Morgan fingerprint density at radius 2 is 1.33 bits per heavy atom. The Morgan fingerprint density at radius 1 is 0.722 bits per heavy atom. The van der Waals surface area contributed by atoms with Gasteiger partial charge < -0.3 is 0 Å². The van der Waals surface area contributed by atoms with Crippen LogP contribution in [0.1, 0.15) is 52.9 Å². The van der Waals surface area contributed by atoms with Crippen LogP contribution < -0.4 is 4.48 Å². The highest BCUT2D eigenvalue weighted by Gasteiger charge is 2.27. The number of hydrogen-bond donors (Lipinski definition) is 0. The van der Waals surface area contributed by atoms with E-state index >= 15 is 0 Å². The molecule has 102 valence electrons. The second kappa shape index (κ2) is 8.31. The molecule has 0 saturated carbocycles. The highest BCUT2D eigenvalue weighted by molar-refractivity contribution is 5.42. The summed E-state index contributed by atoms with van der Waals surface area (Å²) in [5, 5.41) is 0. The highest BCUT2D eigenvalue weighted by atomic mass is 15.4. The molecule has 0 bridgehead atoms. The molecule has 0 unspecified atom stereocenters. The number of unbranched alkanes of at least 4 members (excludes halogenated alkanes) is 2. The Labute approximate surface area is 113 Å². The summed E-state index contributed by atoms with van der Waals surface area (Å²) in [5.74, 6) is 0. The molecule has 0 aliphatic carbocycles. The highest BCUT2D eigenvalue weighted by Crippen LogP contribution is 2.25. The van der Waals surface area contributed by atoms with Gasteiger partial charge in [0.15, 0.2) is 0 Å². The molecule has 0 spiro atoms. The number of benzene rings is 1. The van der Waals surface area contributed by atoms with E-state index in [4.69, 9.17) is 0 Å². The van der Waals surface area contributed by atoms with Crippen molar-refractivity contribution < 1.29 is 0 Å². The lowest BCUT2D eigenvalue weighted by Crippen LogP contribution is -2.51. The van der Waals surface area contributed by atoms with Crippen LogP contribution in [0.15, 0.2) is 30.3 Å². The van der Waals surface area contributed by atoms with Crippen molar-refractivity contribution in [1.29, 1.82) is 0 Å². The molecule has 0 aromatic heterocycles. The van der Waals surface area contributed by atoms with Crippen molar-refractivity contribution in [3.8, 4) is 0 Å². The van der Waals surface area contributed by atoms with Crippen LogP contribution in [0.2, 0.25) is 0 Å². The van der Waals surface area contributed by atoms with Crippen molar-refractivity contribution in [3.63, 3.8) is 0 Å². The quantitative estimate of drug-likeness (QED) is 0.426. The summed E-state index contributed by atoms with van der Waals surface area (Å²) in [6.07, 6.45) is 6.56. The van der Waals surface area contributed by atoms with Crippen molar-refractivity contribution in [2.24, 2.45) is 0 Å². The van der Waals surface area contributed by atoms with Crippen molar-refractivity contribution >= 4 is 5.69 Å². The number of para-hydroxylation sites is 1. The van der Waals surface area contributed by atoms with Gasteiger partial charge in [0, 0.05) is 0 Å². The second-order valence-electron chi connectivity index (χ2n) is 5.36. The zero-order valence-corrected chi connectivity index (χ0v) is 12.5.